The quantitative estimate of drug-likeness (QED) is 0.810. The molecule has 2 rings (SSSR count). The monoisotopic (exact) mass is 324 g/mol. The Hall–Kier alpha value is -0.910. The summed E-state index contributed by atoms with van der Waals surface area (Å²) in [6.07, 6.45) is 4.33. The average molecular weight is 324 g/mol. The number of piperidine rings is 1. The van der Waals surface area contributed by atoms with Crippen LogP contribution in [0.5, 0.6) is 0 Å². The summed E-state index contributed by atoms with van der Waals surface area (Å²) in [5, 5.41) is 3.31. The molecule has 0 saturated carbocycles. The fraction of sp³-hybridized carbons (Fsp3) is 0.647. The van der Waals surface area contributed by atoms with Crippen LogP contribution in [0.1, 0.15) is 38.7 Å². The van der Waals surface area contributed by atoms with E-state index in [1.54, 1.807) is 12.1 Å². The number of hydrogen-bond acceptors (Lipinski definition) is 3. The first-order valence-electron chi connectivity index (χ1n) is 8.26. The lowest BCUT2D eigenvalue weighted by Crippen LogP contribution is -2.38. The second kappa shape index (κ2) is 8.09. The first kappa shape index (κ1) is 17.4. The summed E-state index contributed by atoms with van der Waals surface area (Å²) in [7, 11) is -3.39. The number of benzene rings is 1. The molecule has 1 unspecified atom stereocenters. The second-order valence-corrected chi connectivity index (χ2v) is 8.41. The van der Waals surface area contributed by atoms with Crippen LogP contribution in [-0.2, 0) is 16.4 Å². The maximum absolute atomic E-state index is 12.3. The van der Waals surface area contributed by atoms with Crippen molar-refractivity contribution in [2.75, 3.05) is 19.6 Å². The van der Waals surface area contributed by atoms with Gasteiger partial charge in [0.05, 0.1) is 4.90 Å². The minimum absolute atomic E-state index is 0.365. The van der Waals surface area contributed by atoms with E-state index >= 15 is 0 Å². The fourth-order valence-corrected chi connectivity index (χ4v) is 3.82. The van der Waals surface area contributed by atoms with Crippen LogP contribution in [-0.4, -0.2) is 28.1 Å². The van der Waals surface area contributed by atoms with Gasteiger partial charge in [-0.3, -0.25) is 0 Å². The highest BCUT2D eigenvalue weighted by molar-refractivity contribution is 7.89. The Labute approximate surface area is 134 Å². The average Bonchev–Trinajstić information content (AvgIpc) is 2.52. The second-order valence-electron chi connectivity index (χ2n) is 6.64. The molecule has 0 spiro atoms. The Balaban J connectivity index is 1.90. The Bertz CT molecular complexity index is 547. The van der Waals surface area contributed by atoms with Crippen molar-refractivity contribution in [3.63, 3.8) is 0 Å². The van der Waals surface area contributed by atoms with Crippen molar-refractivity contribution in [3.8, 4) is 0 Å². The molecular weight excluding hydrogens is 296 g/mol. The zero-order chi connectivity index (χ0) is 16.0. The highest BCUT2D eigenvalue weighted by Gasteiger charge is 2.18. The minimum Gasteiger partial charge on any atom is -0.316 e. The summed E-state index contributed by atoms with van der Waals surface area (Å²) in [5.74, 6) is 1.06. The van der Waals surface area contributed by atoms with E-state index in [0.29, 0.717) is 23.3 Å². The van der Waals surface area contributed by atoms with Gasteiger partial charge in [-0.15, -0.1) is 0 Å². The normalized spacial score (nSPS) is 19.5. The summed E-state index contributed by atoms with van der Waals surface area (Å²) >= 11 is 0. The number of nitrogens with one attached hydrogen (secondary N) is 2. The van der Waals surface area contributed by atoms with Crippen molar-refractivity contribution in [1.82, 2.24) is 10.0 Å². The van der Waals surface area contributed by atoms with Crippen LogP contribution in [0.2, 0.25) is 0 Å². The smallest absolute Gasteiger partial charge is 0.240 e. The topological polar surface area (TPSA) is 58.2 Å². The molecule has 0 radical (unpaired) electrons. The molecule has 0 amide bonds. The van der Waals surface area contributed by atoms with E-state index in [2.05, 4.69) is 23.9 Å². The third-order valence-electron chi connectivity index (χ3n) is 4.20. The number of aryl methyl sites for hydroxylation is 1. The maximum atomic E-state index is 12.3. The zero-order valence-corrected chi connectivity index (χ0v) is 14.5. The molecule has 1 aliphatic rings. The molecule has 4 nitrogen and oxygen atoms in total. The van der Waals surface area contributed by atoms with Crippen molar-refractivity contribution in [2.45, 2.75) is 44.4 Å². The lowest BCUT2D eigenvalue weighted by Gasteiger charge is -2.22. The zero-order valence-electron chi connectivity index (χ0n) is 13.6. The fourth-order valence-electron chi connectivity index (χ4n) is 2.70. The van der Waals surface area contributed by atoms with E-state index in [4.69, 9.17) is 0 Å². The molecule has 1 aromatic rings. The molecule has 0 aliphatic carbocycles. The van der Waals surface area contributed by atoms with E-state index in [1.807, 2.05) is 12.1 Å². The molecule has 22 heavy (non-hydrogen) atoms. The van der Waals surface area contributed by atoms with Gasteiger partial charge in [-0.2, -0.15) is 0 Å². The summed E-state index contributed by atoms with van der Waals surface area (Å²) in [6, 6.07) is 7.30. The summed E-state index contributed by atoms with van der Waals surface area (Å²) in [4.78, 5) is 0.365. The van der Waals surface area contributed by atoms with Gasteiger partial charge in [0.25, 0.3) is 0 Å². The van der Waals surface area contributed by atoms with Gasteiger partial charge in [-0.25, -0.2) is 13.1 Å². The van der Waals surface area contributed by atoms with Crippen LogP contribution < -0.4 is 10.0 Å². The van der Waals surface area contributed by atoms with E-state index in [1.165, 1.54) is 5.56 Å². The third-order valence-corrected chi connectivity index (χ3v) is 5.64. The largest absolute Gasteiger partial charge is 0.316 e. The molecule has 0 aromatic heterocycles. The van der Waals surface area contributed by atoms with E-state index in [9.17, 15) is 8.42 Å². The highest BCUT2D eigenvalue weighted by Crippen LogP contribution is 2.15. The van der Waals surface area contributed by atoms with Crippen molar-refractivity contribution in [2.24, 2.45) is 11.8 Å². The number of sulfonamides is 1. The van der Waals surface area contributed by atoms with Crippen LogP contribution >= 0.6 is 0 Å². The number of rotatable bonds is 7. The van der Waals surface area contributed by atoms with Gasteiger partial charge in [0.1, 0.15) is 0 Å². The van der Waals surface area contributed by atoms with Crippen molar-refractivity contribution in [3.05, 3.63) is 29.8 Å². The molecule has 1 heterocycles. The maximum Gasteiger partial charge on any atom is 0.240 e. The van der Waals surface area contributed by atoms with Gasteiger partial charge in [0, 0.05) is 6.54 Å². The van der Waals surface area contributed by atoms with E-state index in [0.717, 1.165) is 38.8 Å². The first-order chi connectivity index (χ1) is 10.5. The molecule has 0 bridgehead atoms. The van der Waals surface area contributed by atoms with Gasteiger partial charge >= 0.3 is 0 Å². The Morgan fingerprint density at radius 1 is 1.27 bits per heavy atom. The molecule has 1 atom stereocenters. The van der Waals surface area contributed by atoms with Crippen LogP contribution in [0, 0.1) is 11.8 Å². The van der Waals surface area contributed by atoms with Gasteiger partial charge < -0.3 is 5.32 Å². The van der Waals surface area contributed by atoms with Crippen LogP contribution in [0.3, 0.4) is 0 Å². The van der Waals surface area contributed by atoms with Crippen LogP contribution in [0.4, 0.5) is 0 Å². The van der Waals surface area contributed by atoms with Crippen molar-refractivity contribution >= 4 is 10.0 Å². The van der Waals surface area contributed by atoms with E-state index in [-0.39, 0.29) is 0 Å². The SMILES string of the molecule is CC(C)CCc1ccc(S(=O)(=O)NCC2CCCNC2)cc1. The first-order valence-corrected chi connectivity index (χ1v) is 9.75. The van der Waals surface area contributed by atoms with Crippen LogP contribution in [0.25, 0.3) is 0 Å². The van der Waals surface area contributed by atoms with Crippen molar-refractivity contribution < 1.29 is 8.42 Å². The summed E-state index contributed by atoms with van der Waals surface area (Å²) < 4.78 is 27.4. The molecule has 5 heteroatoms. The van der Waals surface area contributed by atoms with Crippen LogP contribution in [0.15, 0.2) is 29.2 Å². The number of hydrogen-bond donors (Lipinski definition) is 2. The lowest BCUT2D eigenvalue weighted by atomic mass is 10.0. The van der Waals surface area contributed by atoms with Crippen molar-refractivity contribution in [1.29, 1.82) is 0 Å². The predicted octanol–water partition coefficient (Wildman–Crippen LogP) is 2.55. The summed E-state index contributed by atoms with van der Waals surface area (Å²) in [6.45, 7) is 6.86. The molecular formula is C17H28N2O2S. The molecule has 1 fully saturated rings. The van der Waals surface area contributed by atoms with Gasteiger partial charge in [0.2, 0.25) is 10.0 Å². The molecule has 1 saturated heterocycles. The molecule has 124 valence electrons. The third kappa shape index (κ3) is 5.38. The Kier molecular flexibility index (Phi) is 6.41. The van der Waals surface area contributed by atoms with E-state index < -0.39 is 10.0 Å². The van der Waals surface area contributed by atoms with Gasteiger partial charge in [-0.1, -0.05) is 26.0 Å². The standard InChI is InChI=1S/C17H28N2O2S/c1-14(2)5-6-15-7-9-17(10-8-15)22(20,21)19-13-16-4-3-11-18-12-16/h7-10,14,16,18-19H,3-6,11-13H2,1-2H3. The Morgan fingerprint density at radius 3 is 2.59 bits per heavy atom. The Morgan fingerprint density at radius 2 is 2.00 bits per heavy atom. The lowest BCUT2D eigenvalue weighted by molar-refractivity contribution is 0.376. The predicted molar refractivity (Wildman–Crippen MR) is 90.4 cm³/mol. The summed E-state index contributed by atoms with van der Waals surface area (Å²) in [5.41, 5.74) is 1.20. The minimum atomic E-state index is -3.39. The molecule has 2 N–H and O–H groups in total. The molecule has 1 aliphatic heterocycles. The van der Waals surface area contributed by atoms with Gasteiger partial charge in [-0.05, 0) is 68.3 Å². The molecule has 1 aromatic carbocycles. The van der Waals surface area contributed by atoms with Gasteiger partial charge in [0.15, 0.2) is 0 Å². The highest BCUT2D eigenvalue weighted by atomic mass is 32.2.